The van der Waals surface area contributed by atoms with E-state index in [0.29, 0.717) is 17.9 Å². The topological polar surface area (TPSA) is 46.3 Å². The molecule has 1 aromatic heterocycles. The highest BCUT2D eigenvalue weighted by Gasteiger charge is 2.21. The maximum Gasteiger partial charge on any atom is 0.172 e. The maximum atomic E-state index is 11.0. The van der Waals surface area contributed by atoms with Gasteiger partial charge in [-0.15, -0.1) is 0 Å². The molecule has 1 atom stereocenters. The molecular formula is C33H29NO2. The van der Waals surface area contributed by atoms with Gasteiger partial charge in [-0.05, 0) is 47.6 Å². The van der Waals surface area contributed by atoms with Gasteiger partial charge in [0.2, 0.25) is 0 Å². The smallest absolute Gasteiger partial charge is 0.172 e. The molecule has 3 nitrogen and oxygen atoms in total. The highest BCUT2D eigenvalue weighted by atomic mass is 16.5. The molecule has 5 rings (SSSR count). The number of aliphatic hydroxyl groups excluding tert-OH is 1. The number of aryl methyl sites for hydroxylation is 1. The lowest BCUT2D eigenvalue weighted by atomic mass is 9.98. The van der Waals surface area contributed by atoms with E-state index in [4.69, 9.17) is 4.52 Å². The van der Waals surface area contributed by atoms with Crippen LogP contribution in [0.15, 0.2) is 120 Å². The maximum absolute atomic E-state index is 11.0. The van der Waals surface area contributed by atoms with Gasteiger partial charge in [0.15, 0.2) is 5.76 Å². The SMILES string of the molecule is Cc1noc(-c2ccc(-c3ccccc3)cc2)c1C(O)C/C=C/c1ccc(Cc2ccccc2)cc1. The van der Waals surface area contributed by atoms with Gasteiger partial charge in [0.1, 0.15) is 0 Å². The first kappa shape index (κ1) is 23.5. The molecule has 0 spiro atoms. The number of aliphatic hydroxyl groups is 1. The lowest BCUT2D eigenvalue weighted by molar-refractivity contribution is 0.181. The van der Waals surface area contributed by atoms with Crippen molar-refractivity contribution in [1.29, 1.82) is 0 Å². The van der Waals surface area contributed by atoms with E-state index in [-0.39, 0.29) is 0 Å². The summed E-state index contributed by atoms with van der Waals surface area (Å²) in [6.07, 6.45) is 4.75. The highest BCUT2D eigenvalue weighted by molar-refractivity contribution is 5.70. The normalized spacial score (nSPS) is 12.2. The zero-order valence-corrected chi connectivity index (χ0v) is 20.3. The minimum atomic E-state index is -0.700. The molecule has 0 amide bonds. The van der Waals surface area contributed by atoms with Crippen LogP contribution in [-0.4, -0.2) is 10.3 Å². The van der Waals surface area contributed by atoms with Crippen molar-refractivity contribution >= 4 is 6.08 Å². The molecule has 0 saturated carbocycles. The van der Waals surface area contributed by atoms with E-state index in [1.54, 1.807) is 0 Å². The summed E-state index contributed by atoms with van der Waals surface area (Å²) < 4.78 is 5.64. The molecule has 3 heteroatoms. The van der Waals surface area contributed by atoms with Crippen LogP contribution in [0.2, 0.25) is 0 Å². The number of hydrogen-bond acceptors (Lipinski definition) is 3. The van der Waals surface area contributed by atoms with Crippen molar-refractivity contribution in [3.05, 3.63) is 143 Å². The summed E-state index contributed by atoms with van der Waals surface area (Å²) >= 11 is 0. The summed E-state index contributed by atoms with van der Waals surface area (Å²) in [5.41, 5.74) is 8.35. The summed E-state index contributed by atoms with van der Waals surface area (Å²) in [4.78, 5) is 0. The van der Waals surface area contributed by atoms with Crippen molar-refractivity contribution in [3.8, 4) is 22.5 Å². The van der Waals surface area contributed by atoms with Crippen molar-refractivity contribution in [1.82, 2.24) is 5.16 Å². The van der Waals surface area contributed by atoms with Crippen molar-refractivity contribution in [2.24, 2.45) is 0 Å². The lowest BCUT2D eigenvalue weighted by Gasteiger charge is -2.10. The van der Waals surface area contributed by atoms with Gasteiger partial charge < -0.3 is 9.63 Å². The molecule has 1 unspecified atom stereocenters. The lowest BCUT2D eigenvalue weighted by Crippen LogP contribution is -1.98. The molecular weight excluding hydrogens is 442 g/mol. The quantitative estimate of drug-likeness (QED) is 0.249. The molecule has 0 bridgehead atoms. The summed E-state index contributed by atoms with van der Waals surface area (Å²) in [6.45, 7) is 1.87. The number of hydrogen-bond donors (Lipinski definition) is 1. The van der Waals surface area contributed by atoms with Crippen LogP contribution in [0, 0.1) is 6.92 Å². The summed E-state index contributed by atoms with van der Waals surface area (Å²) in [6, 6.07) is 37.5. The second-order valence-electron chi connectivity index (χ2n) is 9.01. The van der Waals surface area contributed by atoms with Crippen LogP contribution >= 0.6 is 0 Å². The van der Waals surface area contributed by atoms with E-state index >= 15 is 0 Å². The van der Waals surface area contributed by atoms with E-state index in [0.717, 1.165) is 34.2 Å². The Labute approximate surface area is 212 Å². The molecule has 0 radical (unpaired) electrons. The molecule has 5 aromatic rings. The van der Waals surface area contributed by atoms with Crippen molar-refractivity contribution in [3.63, 3.8) is 0 Å². The predicted molar refractivity (Wildman–Crippen MR) is 146 cm³/mol. The standard InChI is InChI=1S/C33H29NO2/c1-24-32(33(36-34-24)30-21-19-29(20-22-30)28-12-6-3-7-13-28)31(35)14-8-11-25-15-17-27(18-16-25)23-26-9-4-2-5-10-26/h2-13,15-22,31,35H,14,23H2,1H3/b11-8+. The Bertz CT molecular complexity index is 1420. The molecule has 0 aliphatic rings. The van der Waals surface area contributed by atoms with Crippen molar-refractivity contribution < 1.29 is 9.63 Å². The highest BCUT2D eigenvalue weighted by Crippen LogP contribution is 2.34. The number of benzene rings is 4. The number of rotatable bonds is 8. The Kier molecular flexibility index (Phi) is 7.20. The molecule has 178 valence electrons. The van der Waals surface area contributed by atoms with Gasteiger partial charge in [0, 0.05) is 5.56 Å². The molecule has 1 heterocycles. The molecule has 36 heavy (non-hydrogen) atoms. The van der Waals surface area contributed by atoms with Crippen LogP contribution in [0.25, 0.3) is 28.5 Å². The third kappa shape index (κ3) is 5.54. The van der Waals surface area contributed by atoms with Crippen LogP contribution in [0.4, 0.5) is 0 Å². The zero-order chi connectivity index (χ0) is 24.7. The third-order valence-corrected chi connectivity index (χ3v) is 6.40. The van der Waals surface area contributed by atoms with Crippen LogP contribution in [0.5, 0.6) is 0 Å². The van der Waals surface area contributed by atoms with Gasteiger partial charge in [0.25, 0.3) is 0 Å². The van der Waals surface area contributed by atoms with Gasteiger partial charge in [-0.3, -0.25) is 0 Å². The predicted octanol–water partition coefficient (Wildman–Crippen LogP) is 8.04. The van der Waals surface area contributed by atoms with E-state index < -0.39 is 6.10 Å². The van der Waals surface area contributed by atoms with Gasteiger partial charge in [-0.2, -0.15) is 0 Å². The molecule has 0 aliphatic carbocycles. The van der Waals surface area contributed by atoms with Crippen molar-refractivity contribution in [2.45, 2.75) is 25.9 Å². The van der Waals surface area contributed by atoms with E-state index in [1.807, 2.05) is 55.5 Å². The second-order valence-corrected chi connectivity index (χ2v) is 9.01. The minimum absolute atomic E-state index is 0.475. The Hall–Kier alpha value is -4.21. The largest absolute Gasteiger partial charge is 0.388 e. The van der Waals surface area contributed by atoms with Crippen LogP contribution < -0.4 is 0 Å². The van der Waals surface area contributed by atoms with Crippen molar-refractivity contribution in [2.75, 3.05) is 0 Å². The van der Waals surface area contributed by atoms with Crippen LogP contribution in [-0.2, 0) is 6.42 Å². The van der Waals surface area contributed by atoms with Crippen LogP contribution in [0.1, 0.15) is 40.5 Å². The van der Waals surface area contributed by atoms with Crippen LogP contribution in [0.3, 0.4) is 0 Å². The fraction of sp³-hybridized carbons (Fsp3) is 0.121. The fourth-order valence-corrected chi connectivity index (χ4v) is 4.45. The Balaban J connectivity index is 1.25. The molecule has 1 N–H and O–H groups in total. The van der Waals surface area contributed by atoms with Gasteiger partial charge in [0.05, 0.1) is 17.4 Å². The monoisotopic (exact) mass is 471 g/mol. The first-order valence-electron chi connectivity index (χ1n) is 12.3. The first-order chi connectivity index (χ1) is 17.7. The Morgan fingerprint density at radius 2 is 1.31 bits per heavy atom. The number of nitrogens with zero attached hydrogens (tertiary/aromatic N) is 1. The summed E-state index contributed by atoms with van der Waals surface area (Å²) in [7, 11) is 0. The molecule has 0 aliphatic heterocycles. The van der Waals surface area contributed by atoms with Gasteiger partial charge in [-0.25, -0.2) is 0 Å². The zero-order valence-electron chi connectivity index (χ0n) is 20.3. The Morgan fingerprint density at radius 3 is 2.00 bits per heavy atom. The fourth-order valence-electron chi connectivity index (χ4n) is 4.45. The average Bonchev–Trinajstić information content (AvgIpc) is 3.32. The summed E-state index contributed by atoms with van der Waals surface area (Å²) in [5.74, 6) is 0.623. The third-order valence-electron chi connectivity index (χ3n) is 6.40. The average molecular weight is 472 g/mol. The Morgan fingerprint density at radius 1 is 0.722 bits per heavy atom. The van der Waals surface area contributed by atoms with E-state index in [2.05, 4.69) is 78.0 Å². The molecule has 0 saturated heterocycles. The second kappa shape index (κ2) is 11.0. The van der Waals surface area contributed by atoms with E-state index in [1.165, 1.54) is 11.1 Å². The van der Waals surface area contributed by atoms with Gasteiger partial charge in [-0.1, -0.05) is 127 Å². The first-order valence-corrected chi connectivity index (χ1v) is 12.3. The number of aromatic nitrogens is 1. The van der Waals surface area contributed by atoms with Gasteiger partial charge >= 0.3 is 0 Å². The molecule has 4 aromatic carbocycles. The minimum Gasteiger partial charge on any atom is -0.388 e. The van der Waals surface area contributed by atoms with E-state index in [9.17, 15) is 5.11 Å². The molecule has 0 fully saturated rings. The summed E-state index contributed by atoms with van der Waals surface area (Å²) in [5, 5.41) is 15.1.